The van der Waals surface area contributed by atoms with Gasteiger partial charge in [-0.15, -0.1) is 10.2 Å². The number of aryl methyl sites for hydroxylation is 1. The van der Waals surface area contributed by atoms with Crippen LogP contribution in [0.15, 0.2) is 104 Å². The molecule has 38 heavy (non-hydrogen) atoms. The van der Waals surface area contributed by atoms with Crippen molar-refractivity contribution in [3.05, 3.63) is 102 Å². The van der Waals surface area contributed by atoms with Gasteiger partial charge in [0.2, 0.25) is 11.9 Å². The van der Waals surface area contributed by atoms with Gasteiger partial charge in [0.1, 0.15) is 0 Å². The number of nitrogens with one attached hydrogen (secondary N) is 1. The lowest BCUT2D eigenvalue weighted by molar-refractivity contribution is -0.143. The molecule has 5 aromatic rings. The maximum atomic E-state index is 12.7. The van der Waals surface area contributed by atoms with Crippen LogP contribution in [0.1, 0.15) is 27.9 Å². The van der Waals surface area contributed by atoms with Crippen LogP contribution in [-0.4, -0.2) is 34.2 Å². The van der Waals surface area contributed by atoms with Gasteiger partial charge in [0.15, 0.2) is 10.8 Å². The van der Waals surface area contributed by atoms with Gasteiger partial charge in [-0.2, -0.15) is 0 Å². The van der Waals surface area contributed by atoms with E-state index in [1.165, 1.54) is 18.9 Å². The molecule has 1 amide bonds. The van der Waals surface area contributed by atoms with E-state index in [0.29, 0.717) is 22.2 Å². The van der Waals surface area contributed by atoms with Crippen molar-refractivity contribution in [3.8, 4) is 23.0 Å². The van der Waals surface area contributed by atoms with Gasteiger partial charge in [-0.25, -0.2) is 9.78 Å². The molecule has 1 N–H and O–H groups in total. The van der Waals surface area contributed by atoms with Gasteiger partial charge in [0, 0.05) is 16.0 Å². The lowest BCUT2D eigenvalue weighted by Crippen LogP contribution is -2.34. The SMILES string of the molecule is COC(=O)[C@@H](NC(=O)c1ccccc1)c1nnc(-c2nc(-c3ccccc3)oc2Sc2ccc(C)cc2)o1. The van der Waals surface area contributed by atoms with Gasteiger partial charge >= 0.3 is 5.97 Å². The van der Waals surface area contributed by atoms with Gasteiger partial charge in [-0.1, -0.05) is 54.1 Å². The van der Waals surface area contributed by atoms with Crippen molar-refractivity contribution in [1.82, 2.24) is 20.5 Å². The second-order valence-electron chi connectivity index (χ2n) is 8.18. The van der Waals surface area contributed by atoms with Crippen LogP contribution in [0.25, 0.3) is 23.0 Å². The van der Waals surface area contributed by atoms with Crippen molar-refractivity contribution in [2.45, 2.75) is 23.0 Å². The zero-order chi connectivity index (χ0) is 26.5. The minimum absolute atomic E-state index is 0.0309. The molecule has 0 aliphatic heterocycles. The largest absolute Gasteiger partial charge is 0.467 e. The molecule has 0 saturated heterocycles. The fraction of sp³-hybridized carbons (Fsp3) is 0.107. The smallest absolute Gasteiger partial charge is 0.338 e. The minimum Gasteiger partial charge on any atom is -0.467 e. The van der Waals surface area contributed by atoms with Crippen LogP contribution in [0.5, 0.6) is 0 Å². The van der Waals surface area contributed by atoms with Crippen molar-refractivity contribution in [2.24, 2.45) is 0 Å². The van der Waals surface area contributed by atoms with E-state index in [1.54, 1.807) is 30.3 Å². The first-order chi connectivity index (χ1) is 18.5. The molecule has 2 aromatic heterocycles. The number of hydrogen-bond acceptors (Lipinski definition) is 9. The second kappa shape index (κ2) is 11.1. The molecule has 0 unspecified atom stereocenters. The molecule has 3 aromatic carbocycles. The Morgan fingerprint density at radius 1 is 0.868 bits per heavy atom. The van der Waals surface area contributed by atoms with Crippen molar-refractivity contribution < 1.29 is 23.2 Å². The van der Waals surface area contributed by atoms with Crippen LogP contribution >= 0.6 is 11.8 Å². The molecule has 0 fully saturated rings. The van der Waals surface area contributed by atoms with Gasteiger partial charge in [0.05, 0.1) is 7.11 Å². The number of carbonyl (C=O) groups excluding carboxylic acids is 2. The molecule has 1 atom stereocenters. The highest BCUT2D eigenvalue weighted by atomic mass is 32.2. The molecule has 0 aliphatic carbocycles. The number of rotatable bonds is 8. The van der Waals surface area contributed by atoms with Crippen LogP contribution in [0.3, 0.4) is 0 Å². The fourth-order valence-corrected chi connectivity index (χ4v) is 4.35. The summed E-state index contributed by atoms with van der Waals surface area (Å²) >= 11 is 1.35. The highest BCUT2D eigenvalue weighted by Gasteiger charge is 2.31. The summed E-state index contributed by atoms with van der Waals surface area (Å²) in [4.78, 5) is 30.8. The fourth-order valence-electron chi connectivity index (χ4n) is 3.52. The molecule has 5 rings (SSSR count). The van der Waals surface area contributed by atoms with E-state index in [1.807, 2.05) is 61.5 Å². The first kappa shape index (κ1) is 25.0. The summed E-state index contributed by atoms with van der Waals surface area (Å²) in [6.07, 6.45) is 0. The molecule has 10 heteroatoms. The summed E-state index contributed by atoms with van der Waals surface area (Å²) in [6.45, 7) is 2.01. The average molecular weight is 527 g/mol. The molecule has 0 aliphatic rings. The van der Waals surface area contributed by atoms with Crippen LogP contribution < -0.4 is 5.32 Å². The van der Waals surface area contributed by atoms with Gasteiger partial charge in [-0.05, 0) is 55.1 Å². The van der Waals surface area contributed by atoms with Crippen molar-refractivity contribution >= 4 is 23.6 Å². The highest BCUT2D eigenvalue weighted by molar-refractivity contribution is 7.99. The maximum Gasteiger partial charge on any atom is 0.338 e. The number of ether oxygens (including phenoxy) is 1. The predicted octanol–water partition coefficient (Wildman–Crippen LogP) is 5.50. The predicted molar refractivity (Wildman–Crippen MR) is 139 cm³/mol. The highest BCUT2D eigenvalue weighted by Crippen LogP contribution is 2.39. The molecule has 0 bridgehead atoms. The van der Waals surface area contributed by atoms with Crippen LogP contribution in [-0.2, 0) is 9.53 Å². The minimum atomic E-state index is -1.32. The Kier molecular flexibility index (Phi) is 7.32. The van der Waals surface area contributed by atoms with Crippen LogP contribution in [0.4, 0.5) is 0 Å². The van der Waals surface area contributed by atoms with Crippen molar-refractivity contribution in [3.63, 3.8) is 0 Å². The third-order valence-corrected chi connectivity index (χ3v) is 6.46. The first-order valence-corrected chi connectivity index (χ1v) is 12.4. The molecule has 0 radical (unpaired) electrons. The number of benzene rings is 3. The van der Waals surface area contributed by atoms with E-state index >= 15 is 0 Å². The number of esters is 1. The number of nitrogens with zero attached hydrogens (tertiary/aromatic N) is 3. The normalized spacial score (nSPS) is 11.6. The Bertz CT molecular complexity index is 1550. The number of methoxy groups -OCH3 is 1. The van der Waals surface area contributed by atoms with Gasteiger partial charge < -0.3 is 18.9 Å². The van der Waals surface area contributed by atoms with E-state index in [0.717, 1.165) is 16.0 Å². The summed E-state index contributed by atoms with van der Waals surface area (Å²) in [5, 5.41) is 11.2. The summed E-state index contributed by atoms with van der Waals surface area (Å²) in [5.41, 5.74) is 2.57. The Morgan fingerprint density at radius 3 is 2.24 bits per heavy atom. The Balaban J connectivity index is 1.49. The van der Waals surface area contributed by atoms with Crippen molar-refractivity contribution in [2.75, 3.05) is 7.11 Å². The average Bonchev–Trinajstić information content (AvgIpc) is 3.61. The lowest BCUT2D eigenvalue weighted by atomic mass is 10.2. The first-order valence-electron chi connectivity index (χ1n) is 11.6. The van der Waals surface area contributed by atoms with E-state index in [-0.39, 0.29) is 11.8 Å². The van der Waals surface area contributed by atoms with E-state index in [2.05, 4.69) is 20.5 Å². The lowest BCUT2D eigenvalue weighted by Gasteiger charge is -2.12. The van der Waals surface area contributed by atoms with E-state index in [4.69, 9.17) is 13.6 Å². The number of oxazole rings is 1. The van der Waals surface area contributed by atoms with Crippen molar-refractivity contribution in [1.29, 1.82) is 0 Å². The molecular weight excluding hydrogens is 504 g/mol. The standard InChI is InChI=1S/C28H22N4O5S/c1-17-13-15-20(16-14-17)38-28-22(30-24(37-28)19-11-7-4-8-12-19)26-32-31-25(36-26)21(27(34)35-2)29-23(33)18-9-5-3-6-10-18/h3-16,21H,1-2H3,(H,29,33)/t21-/m0/s1. The molecule has 190 valence electrons. The number of carbonyl (C=O) groups is 2. The van der Waals surface area contributed by atoms with Crippen LogP contribution in [0.2, 0.25) is 0 Å². The number of hydrogen-bond donors (Lipinski definition) is 1. The molecule has 9 nitrogen and oxygen atoms in total. The van der Waals surface area contributed by atoms with Gasteiger partial charge in [-0.3, -0.25) is 4.79 Å². The van der Waals surface area contributed by atoms with Gasteiger partial charge in [0.25, 0.3) is 17.7 Å². The molecular formula is C28H22N4O5S. The summed E-state index contributed by atoms with van der Waals surface area (Å²) in [6, 6.07) is 24.5. The topological polar surface area (TPSA) is 120 Å². The maximum absolute atomic E-state index is 12.7. The Hall–Kier alpha value is -4.70. The number of aromatic nitrogens is 3. The zero-order valence-electron chi connectivity index (χ0n) is 20.5. The van der Waals surface area contributed by atoms with E-state index in [9.17, 15) is 9.59 Å². The second-order valence-corrected chi connectivity index (χ2v) is 9.22. The van der Waals surface area contributed by atoms with E-state index < -0.39 is 17.9 Å². The molecule has 2 heterocycles. The zero-order valence-corrected chi connectivity index (χ0v) is 21.3. The molecule has 0 saturated carbocycles. The summed E-state index contributed by atoms with van der Waals surface area (Å²) in [7, 11) is 1.21. The van der Waals surface area contributed by atoms with Crippen LogP contribution in [0, 0.1) is 6.92 Å². The summed E-state index contributed by atoms with van der Waals surface area (Å²) in [5.74, 6) is -1.00. The quantitative estimate of drug-likeness (QED) is 0.261. The monoisotopic (exact) mass is 526 g/mol. The Labute approximate surface area is 222 Å². The molecule has 0 spiro atoms. The third kappa shape index (κ3) is 5.50. The third-order valence-electron chi connectivity index (χ3n) is 5.49. The number of amides is 1. The summed E-state index contributed by atoms with van der Waals surface area (Å²) < 4.78 is 16.9. The Morgan fingerprint density at radius 2 is 1.55 bits per heavy atom.